The molecule has 0 aromatic rings. The second-order valence-corrected chi connectivity index (χ2v) is 3.50. The normalized spacial score (nSPS) is 26.6. The molecular formula is C3H5NOS2. The molecule has 7 heavy (non-hydrogen) atoms. The van der Waals surface area contributed by atoms with Crippen LogP contribution in [0.15, 0.2) is 5.16 Å². The number of hydrogen-bond donors (Lipinski definition) is 1. The molecule has 0 radical (unpaired) electrons. The Morgan fingerprint density at radius 3 is 2.86 bits per heavy atom. The quantitative estimate of drug-likeness (QED) is 0.400. The van der Waals surface area contributed by atoms with Crippen LogP contribution in [-0.4, -0.2) is 21.1 Å². The first-order valence-electron chi connectivity index (χ1n) is 1.85. The fourth-order valence-corrected chi connectivity index (χ4v) is 2.42. The summed E-state index contributed by atoms with van der Waals surface area (Å²) in [5.74, 6) is 0.890. The van der Waals surface area contributed by atoms with E-state index in [1.165, 1.54) is 0 Å². The Morgan fingerprint density at radius 2 is 2.57 bits per heavy atom. The Hall–Kier alpha value is 0.170. The first kappa shape index (κ1) is 5.31. The Bertz CT molecular complexity index is 84.9. The highest BCUT2D eigenvalue weighted by Crippen LogP contribution is 2.23. The fourth-order valence-electron chi connectivity index (χ4n) is 0.338. The van der Waals surface area contributed by atoms with Gasteiger partial charge >= 0.3 is 0 Å². The first-order valence-corrected chi connectivity index (χ1v) is 3.99. The standard InChI is InChI=1S/C3H5NOS2/c5-4-3-1-6-2-7-3/h5H,1-2H2/b4-3-. The lowest BCUT2D eigenvalue weighted by atomic mass is 10.9. The summed E-state index contributed by atoms with van der Waals surface area (Å²) in [6.45, 7) is 0. The molecule has 0 aromatic carbocycles. The van der Waals surface area contributed by atoms with E-state index in [9.17, 15) is 0 Å². The van der Waals surface area contributed by atoms with Crippen LogP contribution in [-0.2, 0) is 0 Å². The maximum Gasteiger partial charge on any atom is 0.123 e. The number of oxime groups is 1. The molecule has 1 saturated heterocycles. The molecule has 4 heteroatoms. The smallest absolute Gasteiger partial charge is 0.123 e. The van der Waals surface area contributed by atoms with Crippen molar-refractivity contribution in [3.05, 3.63) is 0 Å². The molecule has 1 rings (SSSR count). The molecule has 1 aliphatic rings. The van der Waals surface area contributed by atoms with Crippen molar-refractivity contribution >= 4 is 28.6 Å². The molecule has 0 bridgehead atoms. The monoisotopic (exact) mass is 135 g/mol. The largest absolute Gasteiger partial charge is 0.410 e. The van der Waals surface area contributed by atoms with E-state index in [1.807, 2.05) is 0 Å². The van der Waals surface area contributed by atoms with Crippen LogP contribution in [0.3, 0.4) is 0 Å². The van der Waals surface area contributed by atoms with E-state index >= 15 is 0 Å². The van der Waals surface area contributed by atoms with Gasteiger partial charge in [-0.15, -0.1) is 11.8 Å². The van der Waals surface area contributed by atoms with Crippen molar-refractivity contribution in [2.75, 3.05) is 10.8 Å². The molecule has 0 aliphatic carbocycles. The van der Waals surface area contributed by atoms with Gasteiger partial charge in [-0.25, -0.2) is 0 Å². The molecule has 0 saturated carbocycles. The maximum atomic E-state index is 8.12. The van der Waals surface area contributed by atoms with Crippen LogP contribution in [0.5, 0.6) is 0 Å². The number of nitrogens with zero attached hydrogens (tertiary/aromatic N) is 1. The van der Waals surface area contributed by atoms with Crippen LogP contribution >= 0.6 is 23.5 Å². The van der Waals surface area contributed by atoms with Crippen molar-refractivity contribution in [3.8, 4) is 0 Å². The summed E-state index contributed by atoms with van der Waals surface area (Å²) in [6.07, 6.45) is 0. The molecule has 0 aromatic heterocycles. The zero-order chi connectivity index (χ0) is 5.11. The molecule has 1 heterocycles. The average Bonchev–Trinajstić information content (AvgIpc) is 2.14. The molecule has 0 atom stereocenters. The maximum absolute atomic E-state index is 8.12. The van der Waals surface area contributed by atoms with Crippen molar-refractivity contribution in [1.82, 2.24) is 0 Å². The van der Waals surface area contributed by atoms with E-state index in [1.54, 1.807) is 23.5 Å². The average molecular weight is 135 g/mol. The lowest BCUT2D eigenvalue weighted by Gasteiger charge is -1.80. The molecule has 0 amide bonds. The van der Waals surface area contributed by atoms with Crippen molar-refractivity contribution in [2.24, 2.45) is 5.16 Å². The Labute approximate surface area is 50.4 Å². The van der Waals surface area contributed by atoms with Gasteiger partial charge < -0.3 is 5.21 Å². The number of hydrogen-bond acceptors (Lipinski definition) is 4. The third-order valence-electron chi connectivity index (χ3n) is 0.646. The number of thioether (sulfide) groups is 2. The highest BCUT2D eigenvalue weighted by Gasteiger charge is 2.08. The van der Waals surface area contributed by atoms with E-state index in [0.717, 1.165) is 15.9 Å². The zero-order valence-corrected chi connectivity index (χ0v) is 5.26. The van der Waals surface area contributed by atoms with Crippen molar-refractivity contribution in [1.29, 1.82) is 0 Å². The van der Waals surface area contributed by atoms with Gasteiger partial charge in [0.15, 0.2) is 0 Å². The van der Waals surface area contributed by atoms with Gasteiger partial charge in [-0.05, 0) is 0 Å². The minimum absolute atomic E-state index is 0.852. The van der Waals surface area contributed by atoms with Gasteiger partial charge in [0.1, 0.15) is 5.04 Å². The van der Waals surface area contributed by atoms with Crippen LogP contribution in [0.1, 0.15) is 0 Å². The molecule has 0 spiro atoms. The highest BCUT2D eigenvalue weighted by molar-refractivity contribution is 8.29. The third-order valence-corrected chi connectivity index (χ3v) is 3.00. The van der Waals surface area contributed by atoms with Gasteiger partial charge in [-0.2, -0.15) is 0 Å². The second kappa shape index (κ2) is 2.47. The molecule has 1 N–H and O–H groups in total. The molecule has 0 unspecified atom stereocenters. The minimum atomic E-state index is 0.852. The zero-order valence-electron chi connectivity index (χ0n) is 3.63. The first-order chi connectivity index (χ1) is 3.43. The van der Waals surface area contributed by atoms with Gasteiger partial charge in [-0.3, -0.25) is 0 Å². The van der Waals surface area contributed by atoms with Gasteiger partial charge in [0.05, 0.1) is 0 Å². The molecular weight excluding hydrogens is 130 g/mol. The summed E-state index contributed by atoms with van der Waals surface area (Å²) in [7, 11) is 0. The van der Waals surface area contributed by atoms with Gasteiger partial charge in [0, 0.05) is 10.8 Å². The topological polar surface area (TPSA) is 32.6 Å². The fraction of sp³-hybridized carbons (Fsp3) is 0.667. The summed E-state index contributed by atoms with van der Waals surface area (Å²) < 4.78 is 0. The summed E-state index contributed by atoms with van der Waals surface area (Å²) in [5.41, 5.74) is 0. The van der Waals surface area contributed by atoms with E-state index in [0.29, 0.717) is 0 Å². The Kier molecular flexibility index (Phi) is 1.87. The summed E-state index contributed by atoms with van der Waals surface area (Å²) in [5, 5.41) is 13.1. The van der Waals surface area contributed by atoms with Gasteiger partial charge in [0.2, 0.25) is 0 Å². The molecule has 1 aliphatic heterocycles. The predicted molar refractivity (Wildman–Crippen MR) is 34.1 cm³/mol. The minimum Gasteiger partial charge on any atom is -0.410 e. The number of rotatable bonds is 0. The summed E-state index contributed by atoms with van der Waals surface area (Å²) in [6, 6.07) is 0. The SMILES string of the molecule is O/N=C1/CSCS1. The van der Waals surface area contributed by atoms with Crippen molar-refractivity contribution < 1.29 is 5.21 Å². The predicted octanol–water partition coefficient (Wildman–Crippen LogP) is 1.21. The van der Waals surface area contributed by atoms with Gasteiger partial charge in [-0.1, -0.05) is 16.9 Å². The Balaban J connectivity index is 2.41. The van der Waals surface area contributed by atoms with Crippen molar-refractivity contribution in [2.45, 2.75) is 0 Å². The van der Waals surface area contributed by atoms with Crippen molar-refractivity contribution in [3.63, 3.8) is 0 Å². The van der Waals surface area contributed by atoms with E-state index in [2.05, 4.69) is 5.16 Å². The summed E-state index contributed by atoms with van der Waals surface area (Å²) >= 11 is 3.38. The van der Waals surface area contributed by atoms with Crippen LogP contribution in [0.25, 0.3) is 0 Å². The summed E-state index contributed by atoms with van der Waals surface area (Å²) in [4.78, 5) is 0. The Morgan fingerprint density at radius 1 is 1.71 bits per heavy atom. The highest BCUT2D eigenvalue weighted by atomic mass is 32.2. The van der Waals surface area contributed by atoms with Crippen LogP contribution in [0, 0.1) is 0 Å². The second-order valence-electron chi connectivity index (χ2n) is 1.10. The van der Waals surface area contributed by atoms with Crippen LogP contribution < -0.4 is 0 Å². The van der Waals surface area contributed by atoms with Crippen LogP contribution in [0.2, 0.25) is 0 Å². The van der Waals surface area contributed by atoms with Gasteiger partial charge in [0.25, 0.3) is 0 Å². The lowest BCUT2D eigenvalue weighted by molar-refractivity contribution is 0.320. The van der Waals surface area contributed by atoms with E-state index in [-0.39, 0.29) is 0 Å². The van der Waals surface area contributed by atoms with Crippen LogP contribution in [0.4, 0.5) is 0 Å². The third kappa shape index (κ3) is 1.28. The molecule has 40 valence electrons. The van der Waals surface area contributed by atoms with E-state index < -0.39 is 0 Å². The molecule has 2 nitrogen and oxygen atoms in total. The molecule has 1 fully saturated rings. The lowest BCUT2D eigenvalue weighted by Crippen LogP contribution is -1.85. The van der Waals surface area contributed by atoms with E-state index in [4.69, 9.17) is 5.21 Å².